The fourth-order valence-electron chi connectivity index (χ4n) is 1.94. The van der Waals surface area contributed by atoms with Crippen LogP contribution in [0.25, 0.3) is 5.65 Å². The second kappa shape index (κ2) is 5.29. The van der Waals surface area contributed by atoms with Crippen LogP contribution in [0.15, 0.2) is 29.2 Å². The van der Waals surface area contributed by atoms with Crippen LogP contribution in [0.4, 0.5) is 0 Å². The van der Waals surface area contributed by atoms with E-state index in [2.05, 4.69) is 4.98 Å². The third kappa shape index (κ3) is 2.95. The number of aryl methyl sites for hydroxylation is 1. The minimum atomic E-state index is -1.03. The molecule has 1 N–H and O–H groups in total. The molecule has 0 fully saturated rings. The van der Waals surface area contributed by atoms with E-state index in [1.54, 1.807) is 38.1 Å². The van der Waals surface area contributed by atoms with Gasteiger partial charge in [0.1, 0.15) is 11.2 Å². The number of aliphatic carboxylic acids is 1. The van der Waals surface area contributed by atoms with E-state index in [-0.39, 0.29) is 5.56 Å². The molecule has 0 saturated carbocycles. The number of nitrogens with zero attached hydrogens (tertiary/aromatic N) is 3. The molecule has 0 radical (unpaired) electrons. The number of carbonyl (C=O) groups is 1. The number of aromatic nitrogens is 2. The highest BCUT2D eigenvalue weighted by Crippen LogP contribution is 2.15. The molecule has 0 spiro atoms. The van der Waals surface area contributed by atoms with Crippen molar-refractivity contribution >= 4 is 11.6 Å². The average Bonchev–Trinajstić information content (AvgIpc) is 2.39. The largest absolute Gasteiger partial charge is 0.480 e. The van der Waals surface area contributed by atoms with Crippen molar-refractivity contribution in [2.45, 2.75) is 32.9 Å². The summed E-state index contributed by atoms with van der Waals surface area (Å²) in [6, 6.07) is 5.11. The van der Waals surface area contributed by atoms with Crippen molar-refractivity contribution in [1.29, 1.82) is 0 Å². The molecule has 0 aliphatic heterocycles. The molecule has 2 heterocycles. The topological polar surface area (TPSA) is 74.9 Å². The van der Waals surface area contributed by atoms with Gasteiger partial charge in [0.25, 0.3) is 5.56 Å². The SMILES string of the molecule is Cc1ccc2nc(CN(C)C(C)(C)C(=O)O)cc(=O)n2c1. The molecule has 2 rings (SSSR count). The first-order valence-electron chi connectivity index (χ1n) is 6.65. The van der Waals surface area contributed by atoms with Crippen LogP contribution in [0.3, 0.4) is 0 Å². The van der Waals surface area contributed by atoms with Gasteiger partial charge in [-0.1, -0.05) is 6.07 Å². The van der Waals surface area contributed by atoms with Crippen molar-refractivity contribution in [3.63, 3.8) is 0 Å². The monoisotopic (exact) mass is 289 g/mol. The molecular formula is C15H19N3O3. The summed E-state index contributed by atoms with van der Waals surface area (Å²) in [6.07, 6.45) is 1.74. The number of carboxylic acid groups (broad SMARTS) is 1. The quantitative estimate of drug-likeness (QED) is 0.918. The van der Waals surface area contributed by atoms with Crippen molar-refractivity contribution in [1.82, 2.24) is 14.3 Å². The van der Waals surface area contributed by atoms with E-state index in [1.807, 2.05) is 13.0 Å². The number of pyridine rings is 1. The molecule has 0 bridgehead atoms. The van der Waals surface area contributed by atoms with Crippen LogP contribution in [0.5, 0.6) is 0 Å². The molecule has 0 unspecified atom stereocenters. The maximum absolute atomic E-state index is 12.1. The molecule has 2 aromatic heterocycles. The minimum absolute atomic E-state index is 0.166. The van der Waals surface area contributed by atoms with E-state index in [0.717, 1.165) is 5.56 Å². The first-order chi connectivity index (χ1) is 9.71. The third-order valence-corrected chi connectivity index (χ3v) is 3.74. The van der Waals surface area contributed by atoms with Gasteiger partial charge in [-0.05, 0) is 39.4 Å². The maximum atomic E-state index is 12.1. The van der Waals surface area contributed by atoms with Gasteiger partial charge in [-0.2, -0.15) is 0 Å². The zero-order valence-corrected chi connectivity index (χ0v) is 12.6. The number of rotatable bonds is 4. The molecule has 0 aliphatic rings. The van der Waals surface area contributed by atoms with E-state index in [0.29, 0.717) is 17.9 Å². The molecule has 0 amide bonds. The third-order valence-electron chi connectivity index (χ3n) is 3.74. The normalized spacial score (nSPS) is 12.0. The Kier molecular flexibility index (Phi) is 3.82. The molecule has 21 heavy (non-hydrogen) atoms. The number of hydrogen-bond acceptors (Lipinski definition) is 4. The summed E-state index contributed by atoms with van der Waals surface area (Å²) >= 11 is 0. The van der Waals surface area contributed by atoms with Crippen LogP contribution in [0.1, 0.15) is 25.1 Å². The van der Waals surface area contributed by atoms with Gasteiger partial charge in [0.15, 0.2) is 0 Å². The Morgan fingerprint density at radius 2 is 2.10 bits per heavy atom. The minimum Gasteiger partial charge on any atom is -0.480 e. The standard InChI is InChI=1S/C15H19N3O3/c1-10-5-6-12-16-11(7-13(19)18(12)8-10)9-17(4)15(2,3)14(20)21/h5-8H,9H2,1-4H3,(H,20,21). The number of likely N-dealkylation sites (N-methyl/N-ethyl adjacent to an activating group) is 1. The van der Waals surface area contributed by atoms with E-state index < -0.39 is 11.5 Å². The van der Waals surface area contributed by atoms with E-state index in [1.165, 1.54) is 10.5 Å². The lowest BCUT2D eigenvalue weighted by molar-refractivity contribution is -0.148. The summed E-state index contributed by atoms with van der Waals surface area (Å²) in [5.74, 6) is -0.918. The van der Waals surface area contributed by atoms with Crippen LogP contribution >= 0.6 is 0 Å². The molecule has 112 valence electrons. The summed E-state index contributed by atoms with van der Waals surface area (Å²) in [6.45, 7) is 5.43. The molecule has 6 nitrogen and oxygen atoms in total. The number of carboxylic acids is 1. The number of fused-ring (bicyclic) bond motifs is 1. The van der Waals surface area contributed by atoms with Gasteiger partial charge in [-0.3, -0.25) is 18.9 Å². The zero-order chi connectivity index (χ0) is 15.8. The van der Waals surface area contributed by atoms with Crippen LogP contribution in [-0.2, 0) is 11.3 Å². The van der Waals surface area contributed by atoms with Gasteiger partial charge >= 0.3 is 5.97 Å². The van der Waals surface area contributed by atoms with Crippen LogP contribution < -0.4 is 5.56 Å². The van der Waals surface area contributed by atoms with E-state index in [4.69, 9.17) is 0 Å². The lowest BCUT2D eigenvalue weighted by Crippen LogP contribution is -2.47. The first kappa shape index (κ1) is 15.2. The number of hydrogen-bond donors (Lipinski definition) is 1. The fourth-order valence-corrected chi connectivity index (χ4v) is 1.94. The van der Waals surface area contributed by atoms with Crippen molar-refractivity contribution < 1.29 is 9.90 Å². The first-order valence-corrected chi connectivity index (χ1v) is 6.65. The Morgan fingerprint density at radius 1 is 1.43 bits per heavy atom. The highest BCUT2D eigenvalue weighted by molar-refractivity contribution is 5.77. The molecule has 2 aromatic rings. The molecule has 0 aliphatic carbocycles. The van der Waals surface area contributed by atoms with Crippen LogP contribution in [0.2, 0.25) is 0 Å². The summed E-state index contributed by atoms with van der Waals surface area (Å²) in [7, 11) is 1.70. The average molecular weight is 289 g/mol. The highest BCUT2D eigenvalue weighted by atomic mass is 16.4. The Labute approximate surface area is 122 Å². The fraction of sp³-hybridized carbons (Fsp3) is 0.400. The van der Waals surface area contributed by atoms with Crippen molar-refractivity contribution in [2.75, 3.05) is 7.05 Å². The predicted octanol–water partition coefficient (Wildman–Crippen LogP) is 1.30. The second-order valence-corrected chi connectivity index (χ2v) is 5.74. The molecule has 0 atom stereocenters. The molecule has 0 aromatic carbocycles. The van der Waals surface area contributed by atoms with E-state index in [9.17, 15) is 14.7 Å². The van der Waals surface area contributed by atoms with Crippen LogP contribution in [0, 0.1) is 6.92 Å². The molecular weight excluding hydrogens is 270 g/mol. The Morgan fingerprint density at radius 3 is 2.71 bits per heavy atom. The van der Waals surface area contributed by atoms with Gasteiger partial charge in [-0.25, -0.2) is 4.98 Å². The van der Waals surface area contributed by atoms with E-state index >= 15 is 0 Å². The van der Waals surface area contributed by atoms with Gasteiger partial charge in [0.05, 0.1) is 5.69 Å². The van der Waals surface area contributed by atoms with Crippen molar-refractivity contribution in [2.24, 2.45) is 0 Å². The smallest absolute Gasteiger partial charge is 0.323 e. The summed E-state index contributed by atoms with van der Waals surface area (Å²) < 4.78 is 1.49. The van der Waals surface area contributed by atoms with Crippen molar-refractivity contribution in [3.05, 3.63) is 46.0 Å². The lowest BCUT2D eigenvalue weighted by atomic mass is 10.0. The van der Waals surface area contributed by atoms with Gasteiger partial charge in [-0.15, -0.1) is 0 Å². The van der Waals surface area contributed by atoms with Crippen molar-refractivity contribution in [3.8, 4) is 0 Å². The van der Waals surface area contributed by atoms with Gasteiger partial charge < -0.3 is 5.11 Å². The summed E-state index contributed by atoms with van der Waals surface area (Å²) in [5, 5.41) is 9.22. The van der Waals surface area contributed by atoms with Gasteiger partial charge in [0.2, 0.25) is 0 Å². The second-order valence-electron chi connectivity index (χ2n) is 5.74. The summed E-state index contributed by atoms with van der Waals surface area (Å²) in [4.78, 5) is 29.4. The molecule has 6 heteroatoms. The highest BCUT2D eigenvalue weighted by Gasteiger charge is 2.32. The van der Waals surface area contributed by atoms with Crippen LogP contribution in [-0.4, -0.2) is 37.9 Å². The molecule has 0 saturated heterocycles. The zero-order valence-electron chi connectivity index (χ0n) is 12.6. The Balaban J connectivity index is 2.38. The Bertz CT molecular complexity index is 749. The summed E-state index contributed by atoms with van der Waals surface area (Å²) in [5.41, 5.74) is 0.897. The van der Waals surface area contributed by atoms with Gasteiger partial charge in [0, 0.05) is 18.8 Å². The lowest BCUT2D eigenvalue weighted by Gasteiger charge is -2.31. The maximum Gasteiger partial charge on any atom is 0.323 e. The Hall–Kier alpha value is -2.21. The predicted molar refractivity (Wildman–Crippen MR) is 79.4 cm³/mol.